The van der Waals surface area contributed by atoms with Crippen molar-refractivity contribution >= 4 is 22.6 Å². The minimum Gasteiger partial charge on any atom is -0.494 e. The Morgan fingerprint density at radius 2 is 1.53 bits per heavy atom. The third kappa shape index (κ3) is 6.77. The molecule has 0 aliphatic rings. The standard InChI is InChI=1S/C13H19IO/c14-11-7-2-1-3-8-12-15-13-9-5-4-6-10-13/h4-6,9-10H,1-3,7-8,11-12H2. The van der Waals surface area contributed by atoms with Crippen molar-refractivity contribution < 1.29 is 4.74 Å². The number of ether oxygens (including phenoxy) is 1. The first-order valence-electron chi connectivity index (χ1n) is 5.67. The highest BCUT2D eigenvalue weighted by molar-refractivity contribution is 14.1. The Hall–Kier alpha value is -0.250. The predicted octanol–water partition coefficient (Wildman–Crippen LogP) is 4.45. The molecule has 0 N–H and O–H groups in total. The molecule has 0 bridgehead atoms. The van der Waals surface area contributed by atoms with Crippen LogP contribution in [0, 0.1) is 0 Å². The van der Waals surface area contributed by atoms with Crippen LogP contribution >= 0.6 is 22.6 Å². The summed E-state index contributed by atoms with van der Waals surface area (Å²) in [5.41, 5.74) is 0. The molecule has 0 saturated heterocycles. The van der Waals surface area contributed by atoms with Crippen LogP contribution in [0.1, 0.15) is 32.1 Å². The second-order valence-corrected chi connectivity index (χ2v) is 4.70. The predicted molar refractivity (Wildman–Crippen MR) is 73.9 cm³/mol. The molecule has 1 nitrogen and oxygen atoms in total. The summed E-state index contributed by atoms with van der Waals surface area (Å²) in [6, 6.07) is 10.1. The molecule has 0 amide bonds. The number of alkyl halides is 1. The Balaban J connectivity index is 1.93. The fraction of sp³-hybridized carbons (Fsp3) is 0.538. The molecule has 1 aromatic rings. The number of halogens is 1. The highest BCUT2D eigenvalue weighted by Gasteiger charge is 1.92. The van der Waals surface area contributed by atoms with E-state index in [4.69, 9.17) is 4.74 Å². The summed E-state index contributed by atoms with van der Waals surface area (Å²) in [5, 5.41) is 0. The van der Waals surface area contributed by atoms with Gasteiger partial charge in [-0.15, -0.1) is 0 Å². The third-order valence-electron chi connectivity index (χ3n) is 2.29. The van der Waals surface area contributed by atoms with Crippen LogP contribution in [0.5, 0.6) is 5.75 Å². The van der Waals surface area contributed by atoms with Crippen molar-refractivity contribution in [2.75, 3.05) is 11.0 Å². The number of para-hydroxylation sites is 1. The number of hydrogen-bond donors (Lipinski definition) is 0. The molecule has 0 aliphatic carbocycles. The van der Waals surface area contributed by atoms with Crippen molar-refractivity contribution in [1.82, 2.24) is 0 Å². The summed E-state index contributed by atoms with van der Waals surface area (Å²) in [6.07, 6.45) is 6.55. The van der Waals surface area contributed by atoms with Gasteiger partial charge < -0.3 is 4.74 Å². The first-order chi connectivity index (χ1) is 7.43. The van der Waals surface area contributed by atoms with E-state index in [0.29, 0.717) is 0 Å². The molecule has 0 aliphatic heterocycles. The molecule has 0 spiro atoms. The molecule has 0 heterocycles. The zero-order valence-corrected chi connectivity index (χ0v) is 11.3. The maximum absolute atomic E-state index is 5.61. The van der Waals surface area contributed by atoms with E-state index in [0.717, 1.165) is 12.4 Å². The molecular weight excluding hydrogens is 299 g/mol. The van der Waals surface area contributed by atoms with Crippen molar-refractivity contribution in [3.63, 3.8) is 0 Å². The maximum atomic E-state index is 5.61. The molecule has 1 aromatic carbocycles. The van der Waals surface area contributed by atoms with E-state index in [-0.39, 0.29) is 0 Å². The fourth-order valence-corrected chi connectivity index (χ4v) is 1.97. The molecule has 1 rings (SSSR count). The molecule has 0 aromatic heterocycles. The maximum Gasteiger partial charge on any atom is 0.119 e. The lowest BCUT2D eigenvalue weighted by atomic mass is 10.2. The lowest BCUT2D eigenvalue weighted by Crippen LogP contribution is -1.96. The van der Waals surface area contributed by atoms with Gasteiger partial charge in [0.1, 0.15) is 5.75 Å². The van der Waals surface area contributed by atoms with E-state index >= 15 is 0 Å². The van der Waals surface area contributed by atoms with Gasteiger partial charge in [0.05, 0.1) is 6.61 Å². The van der Waals surface area contributed by atoms with Crippen LogP contribution in [0.3, 0.4) is 0 Å². The minimum absolute atomic E-state index is 0.855. The summed E-state index contributed by atoms with van der Waals surface area (Å²) < 4.78 is 6.90. The van der Waals surface area contributed by atoms with Gasteiger partial charge in [-0.2, -0.15) is 0 Å². The first-order valence-corrected chi connectivity index (χ1v) is 7.20. The van der Waals surface area contributed by atoms with Crippen LogP contribution in [0.15, 0.2) is 30.3 Å². The zero-order chi connectivity index (χ0) is 10.8. The van der Waals surface area contributed by atoms with Gasteiger partial charge in [0, 0.05) is 0 Å². The highest BCUT2D eigenvalue weighted by Crippen LogP contribution is 2.10. The molecule has 0 radical (unpaired) electrons. The van der Waals surface area contributed by atoms with Crippen molar-refractivity contribution in [2.24, 2.45) is 0 Å². The van der Waals surface area contributed by atoms with Crippen LogP contribution in [0.25, 0.3) is 0 Å². The average molecular weight is 318 g/mol. The van der Waals surface area contributed by atoms with Crippen LogP contribution in [0.4, 0.5) is 0 Å². The average Bonchev–Trinajstić information content (AvgIpc) is 2.29. The van der Waals surface area contributed by atoms with E-state index in [9.17, 15) is 0 Å². The molecule has 0 atom stereocenters. The van der Waals surface area contributed by atoms with E-state index in [2.05, 4.69) is 22.6 Å². The Kier molecular flexibility index (Phi) is 7.70. The molecule has 84 valence electrons. The second kappa shape index (κ2) is 9.01. The van der Waals surface area contributed by atoms with Gasteiger partial charge in [-0.3, -0.25) is 0 Å². The van der Waals surface area contributed by atoms with E-state index in [1.54, 1.807) is 0 Å². The van der Waals surface area contributed by atoms with Crippen molar-refractivity contribution in [2.45, 2.75) is 32.1 Å². The molecule has 15 heavy (non-hydrogen) atoms. The topological polar surface area (TPSA) is 9.23 Å². The van der Waals surface area contributed by atoms with Gasteiger partial charge in [0.25, 0.3) is 0 Å². The molecule has 0 fully saturated rings. The third-order valence-corrected chi connectivity index (χ3v) is 3.05. The number of unbranched alkanes of at least 4 members (excludes halogenated alkanes) is 4. The SMILES string of the molecule is ICCCCCCCOc1ccccc1. The minimum atomic E-state index is 0.855. The fourth-order valence-electron chi connectivity index (χ4n) is 1.43. The van der Waals surface area contributed by atoms with Gasteiger partial charge in [-0.25, -0.2) is 0 Å². The van der Waals surface area contributed by atoms with Gasteiger partial charge in [0.2, 0.25) is 0 Å². The number of hydrogen-bond acceptors (Lipinski definition) is 1. The Morgan fingerprint density at radius 1 is 0.867 bits per heavy atom. The lowest BCUT2D eigenvalue weighted by Gasteiger charge is -2.05. The highest BCUT2D eigenvalue weighted by atomic mass is 127. The zero-order valence-electron chi connectivity index (χ0n) is 9.12. The largest absolute Gasteiger partial charge is 0.494 e. The normalized spacial score (nSPS) is 10.2. The van der Waals surface area contributed by atoms with Crippen LogP contribution in [0.2, 0.25) is 0 Å². The number of rotatable bonds is 8. The van der Waals surface area contributed by atoms with Crippen LogP contribution in [-0.4, -0.2) is 11.0 Å². The van der Waals surface area contributed by atoms with Crippen molar-refractivity contribution in [3.8, 4) is 5.75 Å². The Bertz CT molecular complexity index is 236. The summed E-state index contributed by atoms with van der Waals surface area (Å²) in [6.45, 7) is 0.855. The van der Waals surface area contributed by atoms with Gasteiger partial charge in [-0.1, -0.05) is 60.1 Å². The van der Waals surface area contributed by atoms with Crippen molar-refractivity contribution in [1.29, 1.82) is 0 Å². The molecule has 2 heteroatoms. The summed E-state index contributed by atoms with van der Waals surface area (Å²) in [5.74, 6) is 0.991. The smallest absolute Gasteiger partial charge is 0.119 e. The lowest BCUT2D eigenvalue weighted by molar-refractivity contribution is 0.304. The molecule has 0 unspecified atom stereocenters. The first kappa shape index (κ1) is 12.8. The molecule has 0 saturated carbocycles. The van der Waals surface area contributed by atoms with E-state index in [1.807, 2.05) is 30.3 Å². The quantitative estimate of drug-likeness (QED) is 0.391. The van der Waals surface area contributed by atoms with Crippen LogP contribution < -0.4 is 4.74 Å². The van der Waals surface area contributed by atoms with Crippen molar-refractivity contribution in [3.05, 3.63) is 30.3 Å². The van der Waals surface area contributed by atoms with Crippen LogP contribution in [-0.2, 0) is 0 Å². The number of benzene rings is 1. The summed E-state index contributed by atoms with van der Waals surface area (Å²) in [4.78, 5) is 0. The Morgan fingerprint density at radius 3 is 2.27 bits per heavy atom. The van der Waals surface area contributed by atoms with Gasteiger partial charge in [-0.05, 0) is 29.4 Å². The second-order valence-electron chi connectivity index (χ2n) is 3.62. The monoisotopic (exact) mass is 318 g/mol. The molecular formula is C13H19IO. The van der Waals surface area contributed by atoms with Gasteiger partial charge >= 0.3 is 0 Å². The van der Waals surface area contributed by atoms with Gasteiger partial charge in [0.15, 0.2) is 0 Å². The van der Waals surface area contributed by atoms with E-state index in [1.165, 1.54) is 36.5 Å². The summed E-state index contributed by atoms with van der Waals surface area (Å²) in [7, 11) is 0. The summed E-state index contributed by atoms with van der Waals surface area (Å²) >= 11 is 2.44. The van der Waals surface area contributed by atoms with E-state index < -0.39 is 0 Å². The Labute approximate surface area is 106 Å².